The van der Waals surface area contributed by atoms with Crippen LogP contribution in [0.25, 0.3) is 0 Å². The normalized spacial score (nSPS) is 22.8. The van der Waals surface area contributed by atoms with Gasteiger partial charge in [-0.1, -0.05) is 6.92 Å². The monoisotopic (exact) mass is 265 g/mol. The number of likely N-dealkylation sites (tertiary alicyclic amines) is 1. The molecule has 1 aliphatic rings. The first-order chi connectivity index (χ1) is 8.88. The molecule has 0 aromatic carbocycles. The number of rotatable bonds is 3. The fourth-order valence-electron chi connectivity index (χ4n) is 2.56. The van der Waals surface area contributed by atoms with Gasteiger partial charge < -0.3 is 10.0 Å². The third-order valence-electron chi connectivity index (χ3n) is 3.67. The van der Waals surface area contributed by atoms with E-state index in [1.165, 1.54) is 0 Å². The van der Waals surface area contributed by atoms with E-state index in [2.05, 4.69) is 5.10 Å². The lowest BCUT2D eigenvalue weighted by atomic mass is 9.99. The molecule has 2 rings (SSSR count). The maximum atomic E-state index is 12.2. The number of hydrogen-bond acceptors (Lipinski definition) is 3. The number of nitrogens with zero attached hydrogens (tertiary/aromatic N) is 3. The van der Waals surface area contributed by atoms with Crippen molar-refractivity contribution in [1.82, 2.24) is 14.7 Å². The van der Waals surface area contributed by atoms with Gasteiger partial charge in [-0.3, -0.25) is 14.3 Å². The van der Waals surface area contributed by atoms with Crippen molar-refractivity contribution in [3.63, 3.8) is 0 Å². The van der Waals surface area contributed by atoms with Crippen LogP contribution in [0.15, 0.2) is 6.07 Å². The summed E-state index contributed by atoms with van der Waals surface area (Å²) >= 11 is 0. The van der Waals surface area contributed by atoms with Gasteiger partial charge in [-0.2, -0.15) is 5.10 Å². The molecule has 1 aliphatic heterocycles. The van der Waals surface area contributed by atoms with Crippen LogP contribution >= 0.6 is 0 Å². The molecule has 1 aromatic rings. The van der Waals surface area contributed by atoms with Gasteiger partial charge >= 0.3 is 5.97 Å². The predicted molar refractivity (Wildman–Crippen MR) is 68.6 cm³/mol. The number of carboxylic acids is 1. The molecule has 1 amide bonds. The second kappa shape index (κ2) is 5.03. The van der Waals surface area contributed by atoms with Gasteiger partial charge in [-0.25, -0.2) is 0 Å². The SMILES string of the molecule is Cc1cc(C)n(CC(=O)N2C[C@@H](C)[C@H](C(=O)O)C2)n1. The summed E-state index contributed by atoms with van der Waals surface area (Å²) < 4.78 is 1.66. The second-order valence-corrected chi connectivity index (χ2v) is 5.31. The Labute approximate surface area is 112 Å². The number of aliphatic carboxylic acids is 1. The summed E-state index contributed by atoms with van der Waals surface area (Å²) in [4.78, 5) is 24.8. The van der Waals surface area contributed by atoms with E-state index in [-0.39, 0.29) is 18.4 Å². The zero-order valence-electron chi connectivity index (χ0n) is 11.5. The van der Waals surface area contributed by atoms with Crippen molar-refractivity contribution in [3.8, 4) is 0 Å². The van der Waals surface area contributed by atoms with Crippen molar-refractivity contribution in [1.29, 1.82) is 0 Å². The summed E-state index contributed by atoms with van der Waals surface area (Å²) in [5, 5.41) is 13.3. The molecule has 19 heavy (non-hydrogen) atoms. The molecule has 104 valence electrons. The number of aryl methyl sites for hydroxylation is 2. The zero-order valence-corrected chi connectivity index (χ0v) is 11.5. The van der Waals surface area contributed by atoms with E-state index in [0.29, 0.717) is 13.1 Å². The van der Waals surface area contributed by atoms with Gasteiger partial charge in [-0.15, -0.1) is 0 Å². The Morgan fingerprint density at radius 3 is 2.58 bits per heavy atom. The fourth-order valence-corrected chi connectivity index (χ4v) is 2.56. The largest absolute Gasteiger partial charge is 0.481 e. The Kier molecular flexibility index (Phi) is 3.59. The van der Waals surface area contributed by atoms with Gasteiger partial charge in [-0.05, 0) is 25.8 Å². The summed E-state index contributed by atoms with van der Waals surface area (Å²) in [6, 6.07) is 1.92. The van der Waals surface area contributed by atoms with Gasteiger partial charge in [0.05, 0.1) is 11.6 Å². The minimum Gasteiger partial charge on any atom is -0.481 e. The number of hydrogen-bond donors (Lipinski definition) is 1. The summed E-state index contributed by atoms with van der Waals surface area (Å²) in [7, 11) is 0. The van der Waals surface area contributed by atoms with E-state index in [9.17, 15) is 9.59 Å². The van der Waals surface area contributed by atoms with Crippen molar-refractivity contribution >= 4 is 11.9 Å². The Hall–Kier alpha value is -1.85. The topological polar surface area (TPSA) is 75.4 Å². The molecule has 1 saturated heterocycles. The molecular formula is C13H19N3O3. The van der Waals surface area contributed by atoms with E-state index in [0.717, 1.165) is 11.4 Å². The Morgan fingerprint density at radius 1 is 1.42 bits per heavy atom. The quantitative estimate of drug-likeness (QED) is 0.872. The molecule has 0 spiro atoms. The molecule has 0 radical (unpaired) electrons. The van der Waals surface area contributed by atoms with Crippen LogP contribution in [-0.2, 0) is 16.1 Å². The van der Waals surface area contributed by atoms with Crippen LogP contribution in [0.1, 0.15) is 18.3 Å². The highest BCUT2D eigenvalue weighted by Crippen LogP contribution is 2.23. The lowest BCUT2D eigenvalue weighted by Crippen LogP contribution is -2.33. The first-order valence-electron chi connectivity index (χ1n) is 6.40. The fraction of sp³-hybridized carbons (Fsp3) is 0.615. The molecule has 0 saturated carbocycles. The van der Waals surface area contributed by atoms with Crippen LogP contribution in [-0.4, -0.2) is 44.8 Å². The van der Waals surface area contributed by atoms with E-state index in [1.807, 2.05) is 26.8 Å². The minimum atomic E-state index is -0.825. The van der Waals surface area contributed by atoms with E-state index in [1.54, 1.807) is 9.58 Å². The lowest BCUT2D eigenvalue weighted by molar-refractivity contribution is -0.142. The number of amides is 1. The average molecular weight is 265 g/mol. The maximum absolute atomic E-state index is 12.2. The zero-order chi connectivity index (χ0) is 14.2. The molecule has 2 heterocycles. The molecule has 0 unspecified atom stereocenters. The predicted octanol–water partition coefficient (Wildman–Crippen LogP) is 0.679. The summed E-state index contributed by atoms with van der Waals surface area (Å²) in [5.74, 6) is -1.35. The molecule has 6 heteroatoms. The molecule has 0 aliphatic carbocycles. The van der Waals surface area contributed by atoms with Crippen LogP contribution in [0, 0.1) is 25.7 Å². The Bertz CT molecular complexity index is 509. The molecule has 1 N–H and O–H groups in total. The van der Waals surface area contributed by atoms with Crippen LogP contribution in [0.5, 0.6) is 0 Å². The van der Waals surface area contributed by atoms with Crippen LogP contribution in [0.4, 0.5) is 0 Å². The standard InChI is InChI=1S/C13H19N3O3/c1-8-5-15(6-11(8)13(18)19)12(17)7-16-10(3)4-9(2)14-16/h4,8,11H,5-7H2,1-3H3,(H,18,19)/t8-,11-/m1/s1. The number of carboxylic acid groups (broad SMARTS) is 1. The summed E-state index contributed by atoms with van der Waals surface area (Å²) in [5.41, 5.74) is 1.82. The third-order valence-corrected chi connectivity index (χ3v) is 3.67. The smallest absolute Gasteiger partial charge is 0.308 e. The van der Waals surface area contributed by atoms with Crippen molar-refractivity contribution in [2.45, 2.75) is 27.3 Å². The Morgan fingerprint density at radius 2 is 2.11 bits per heavy atom. The minimum absolute atomic E-state index is 0.00176. The van der Waals surface area contributed by atoms with Gasteiger partial charge in [0.25, 0.3) is 0 Å². The van der Waals surface area contributed by atoms with E-state index in [4.69, 9.17) is 5.11 Å². The number of carbonyl (C=O) groups excluding carboxylic acids is 1. The van der Waals surface area contributed by atoms with Gasteiger partial charge in [0.15, 0.2) is 0 Å². The van der Waals surface area contributed by atoms with E-state index >= 15 is 0 Å². The van der Waals surface area contributed by atoms with Crippen LogP contribution in [0.3, 0.4) is 0 Å². The highest BCUT2D eigenvalue weighted by Gasteiger charge is 2.36. The van der Waals surface area contributed by atoms with Crippen molar-refractivity contribution in [2.75, 3.05) is 13.1 Å². The van der Waals surface area contributed by atoms with E-state index < -0.39 is 11.9 Å². The average Bonchev–Trinajstić information content (AvgIpc) is 2.83. The maximum Gasteiger partial charge on any atom is 0.308 e. The van der Waals surface area contributed by atoms with Gasteiger partial charge in [0.1, 0.15) is 6.54 Å². The summed E-state index contributed by atoms with van der Waals surface area (Å²) in [6.45, 7) is 6.64. The van der Waals surface area contributed by atoms with Crippen LogP contribution in [0.2, 0.25) is 0 Å². The van der Waals surface area contributed by atoms with Crippen molar-refractivity contribution < 1.29 is 14.7 Å². The van der Waals surface area contributed by atoms with Crippen molar-refractivity contribution in [2.24, 2.45) is 11.8 Å². The second-order valence-electron chi connectivity index (χ2n) is 5.31. The molecule has 0 bridgehead atoms. The lowest BCUT2D eigenvalue weighted by Gasteiger charge is -2.16. The van der Waals surface area contributed by atoms with Gasteiger partial charge in [0.2, 0.25) is 5.91 Å². The molecule has 1 fully saturated rings. The highest BCUT2D eigenvalue weighted by molar-refractivity contribution is 5.78. The highest BCUT2D eigenvalue weighted by atomic mass is 16.4. The number of aromatic nitrogens is 2. The van der Waals surface area contributed by atoms with Crippen LogP contribution < -0.4 is 0 Å². The third kappa shape index (κ3) is 2.77. The first-order valence-corrected chi connectivity index (χ1v) is 6.40. The molecule has 1 aromatic heterocycles. The molecule has 6 nitrogen and oxygen atoms in total. The Balaban J connectivity index is 2.02. The molecule has 2 atom stereocenters. The number of carbonyl (C=O) groups is 2. The first kappa shape index (κ1) is 13.6. The summed E-state index contributed by atoms with van der Waals surface area (Å²) in [6.07, 6.45) is 0. The van der Waals surface area contributed by atoms with Gasteiger partial charge in [0, 0.05) is 18.8 Å². The molecular weight excluding hydrogens is 246 g/mol. The van der Waals surface area contributed by atoms with Crippen molar-refractivity contribution in [3.05, 3.63) is 17.5 Å².